The summed E-state index contributed by atoms with van der Waals surface area (Å²) in [5.41, 5.74) is 3.84. The number of aromatic nitrogens is 6. The predicted octanol–water partition coefficient (Wildman–Crippen LogP) is 2.42. The summed E-state index contributed by atoms with van der Waals surface area (Å²) in [5.74, 6) is 2.01. The molecule has 20 nitrogen and oxygen atoms in total. The van der Waals surface area contributed by atoms with Crippen LogP contribution in [0.2, 0.25) is 0 Å². The van der Waals surface area contributed by atoms with Crippen LogP contribution in [-0.2, 0) is 19.1 Å². The van der Waals surface area contributed by atoms with Crippen molar-refractivity contribution < 1.29 is 19.1 Å². The van der Waals surface area contributed by atoms with Crippen molar-refractivity contribution in [3.8, 4) is 12.1 Å². The molecule has 0 radical (unpaired) electrons. The molecule has 0 aliphatic carbocycles. The van der Waals surface area contributed by atoms with Gasteiger partial charge in [-0.3, -0.25) is 19.2 Å². The number of nitrogens with zero attached hydrogens (tertiary/aromatic N) is 12. The second kappa shape index (κ2) is 20.5. The van der Waals surface area contributed by atoms with Crippen LogP contribution < -0.4 is 30.7 Å². The number of nitrogens with one attached hydrogen (secondary N) is 2. The van der Waals surface area contributed by atoms with E-state index in [0.29, 0.717) is 74.6 Å². The van der Waals surface area contributed by atoms with Gasteiger partial charge in [-0.15, -0.1) is 0 Å². The van der Waals surface area contributed by atoms with E-state index < -0.39 is 0 Å². The minimum absolute atomic E-state index is 0.137. The lowest BCUT2D eigenvalue weighted by Gasteiger charge is -2.35. The lowest BCUT2D eigenvalue weighted by molar-refractivity contribution is -0.134. The lowest BCUT2D eigenvalue weighted by Crippen LogP contribution is -2.49. The van der Waals surface area contributed by atoms with Crippen LogP contribution in [0.3, 0.4) is 0 Å². The minimum atomic E-state index is -0.164. The highest BCUT2D eigenvalue weighted by Gasteiger charge is 2.46. The molecule has 4 aromatic heterocycles. The van der Waals surface area contributed by atoms with E-state index in [1.165, 1.54) is 0 Å². The van der Waals surface area contributed by atoms with Crippen LogP contribution in [0, 0.1) is 36.5 Å². The molecule has 0 saturated carbocycles. The van der Waals surface area contributed by atoms with Crippen LogP contribution in [0.15, 0.2) is 58.6 Å². The first-order valence-corrected chi connectivity index (χ1v) is 23.7. The smallest absolute Gasteiger partial charge is 0.269 e. The number of H-pyrrole nitrogens is 2. The Hall–Kier alpha value is -6.90. The number of nitriles is 2. The van der Waals surface area contributed by atoms with Crippen LogP contribution >= 0.6 is 0 Å². The summed E-state index contributed by atoms with van der Waals surface area (Å²) in [5, 5.41) is 30.8. The third kappa shape index (κ3) is 9.74. The van der Waals surface area contributed by atoms with E-state index >= 15 is 0 Å². The molecule has 2 N–H and O–H groups in total. The molecule has 4 aromatic rings. The van der Waals surface area contributed by atoms with Gasteiger partial charge in [-0.05, 0) is 76.6 Å². The Labute approximate surface area is 394 Å². The number of hydrogen-bond donors (Lipinski definition) is 2. The predicted molar refractivity (Wildman–Crippen MR) is 251 cm³/mol. The van der Waals surface area contributed by atoms with Gasteiger partial charge in [0.2, 0.25) is 11.8 Å². The molecule has 0 spiro atoms. The van der Waals surface area contributed by atoms with Crippen molar-refractivity contribution in [3.63, 3.8) is 0 Å². The Balaban J connectivity index is 0.000000170. The quantitative estimate of drug-likeness (QED) is 0.173. The molecule has 356 valence electrons. The zero-order chi connectivity index (χ0) is 47.3. The fourth-order valence-corrected chi connectivity index (χ4v) is 10.9. The SMILES string of the molecule is Cc1c(N2CCC[C@H]2COCCC(=O)N2C[C@@H]3C[C@H]2CN3c2ccc(C#N)cn2)cn[nH]c1=O.Cc1c(N2CCC[C@H]2COCCC(=O)N2C[C@H]3C[C@@H]2CN3c2ccc(C#N)cn2)cn[nH]c1=O. The van der Waals surface area contributed by atoms with Gasteiger partial charge in [0, 0.05) is 62.8 Å². The van der Waals surface area contributed by atoms with Crippen molar-refractivity contribution in [2.24, 2.45) is 0 Å². The van der Waals surface area contributed by atoms with Crippen LogP contribution in [0.4, 0.5) is 23.0 Å². The fourth-order valence-electron chi connectivity index (χ4n) is 10.9. The monoisotopic (exact) mass is 926 g/mol. The molecule has 68 heavy (non-hydrogen) atoms. The summed E-state index contributed by atoms with van der Waals surface area (Å²) in [7, 11) is 0. The summed E-state index contributed by atoms with van der Waals surface area (Å²) < 4.78 is 11.8. The number of likely N-dealkylation sites (tertiary alicyclic amines) is 2. The van der Waals surface area contributed by atoms with Crippen LogP contribution in [0.25, 0.3) is 0 Å². The third-order valence-corrected chi connectivity index (χ3v) is 14.5. The number of carbonyl (C=O) groups is 2. The van der Waals surface area contributed by atoms with Gasteiger partial charge in [0.05, 0.1) is 110 Å². The van der Waals surface area contributed by atoms with Crippen LogP contribution in [-0.4, -0.2) is 154 Å². The van der Waals surface area contributed by atoms with Crippen molar-refractivity contribution in [2.75, 3.05) is 85.3 Å². The first-order chi connectivity index (χ1) is 33.1. The molecule has 2 amide bonds. The van der Waals surface area contributed by atoms with Crippen molar-refractivity contribution in [3.05, 3.63) is 92.0 Å². The average molecular weight is 927 g/mol. The fraction of sp³-hybridized carbons (Fsp3) is 0.542. The van der Waals surface area contributed by atoms with Gasteiger partial charge in [-0.2, -0.15) is 20.7 Å². The van der Waals surface area contributed by atoms with Crippen molar-refractivity contribution in [1.29, 1.82) is 10.5 Å². The van der Waals surface area contributed by atoms with Crippen molar-refractivity contribution in [1.82, 2.24) is 40.2 Å². The number of rotatable bonds is 14. The molecule has 6 aliphatic heterocycles. The van der Waals surface area contributed by atoms with Gasteiger partial charge >= 0.3 is 0 Å². The number of piperazine rings is 2. The standard InChI is InChI=1S/2C24H29N7O3/c2*1-16-21(12-27-28-24(16)33)29-7-2-3-18(29)15-34-8-6-23(32)31-14-19-9-20(31)13-30(19)22-5-4-17(10-25)11-26-22/h2*4-5,11-12,18-20H,2-3,6-9,13-15H2,1H3,(H,28,33)/t18-,19+,20+;18-,19-,20-/m00/s1. The van der Waals surface area contributed by atoms with E-state index in [-0.39, 0.29) is 59.2 Å². The summed E-state index contributed by atoms with van der Waals surface area (Å²) in [6.07, 6.45) is 13.3. The van der Waals surface area contributed by atoms with Gasteiger partial charge in [-0.1, -0.05) is 0 Å². The summed E-state index contributed by atoms with van der Waals surface area (Å²) in [6, 6.07) is 12.8. The first kappa shape index (κ1) is 46.2. The molecule has 10 heterocycles. The van der Waals surface area contributed by atoms with E-state index in [0.717, 1.165) is 87.7 Å². The summed E-state index contributed by atoms with van der Waals surface area (Å²) >= 11 is 0. The van der Waals surface area contributed by atoms with Gasteiger partial charge in [0.1, 0.15) is 23.8 Å². The number of anilines is 4. The molecule has 4 bridgehead atoms. The van der Waals surface area contributed by atoms with E-state index in [9.17, 15) is 19.2 Å². The number of carbonyl (C=O) groups excluding carboxylic acids is 2. The molecule has 10 rings (SSSR count). The zero-order valence-corrected chi connectivity index (χ0v) is 38.6. The second-order valence-electron chi connectivity index (χ2n) is 18.6. The average Bonchev–Trinajstić information content (AvgIpc) is 4.25. The molecule has 0 unspecified atom stereocenters. The molecular formula is C48H58N14O6. The van der Waals surface area contributed by atoms with E-state index in [2.05, 4.69) is 62.1 Å². The molecule has 0 aromatic carbocycles. The maximum Gasteiger partial charge on any atom is 0.269 e. The Morgan fingerprint density at radius 3 is 1.44 bits per heavy atom. The van der Waals surface area contributed by atoms with Gasteiger partial charge in [0.25, 0.3) is 11.1 Å². The van der Waals surface area contributed by atoms with Gasteiger partial charge < -0.3 is 38.9 Å². The Bertz CT molecular complexity index is 2470. The number of fused-ring (bicyclic) bond motifs is 4. The summed E-state index contributed by atoms with van der Waals surface area (Å²) in [6.45, 7) is 10.2. The highest BCUT2D eigenvalue weighted by molar-refractivity contribution is 5.78. The summed E-state index contributed by atoms with van der Waals surface area (Å²) in [4.78, 5) is 71.2. The number of amides is 2. The first-order valence-electron chi connectivity index (χ1n) is 23.7. The van der Waals surface area contributed by atoms with Crippen LogP contribution in [0.5, 0.6) is 0 Å². The van der Waals surface area contributed by atoms with Crippen molar-refractivity contribution >= 4 is 34.8 Å². The van der Waals surface area contributed by atoms with Crippen molar-refractivity contribution in [2.45, 2.75) is 101 Å². The normalized spacial score (nSPS) is 23.5. The van der Waals surface area contributed by atoms with Gasteiger partial charge in [0.15, 0.2) is 0 Å². The van der Waals surface area contributed by atoms with E-state index in [1.54, 1.807) is 36.9 Å². The number of ether oxygens (including phenoxy) is 2. The maximum atomic E-state index is 12.8. The molecular weight excluding hydrogens is 869 g/mol. The topological polar surface area (TPSA) is 237 Å². The largest absolute Gasteiger partial charge is 0.379 e. The molecule has 6 saturated heterocycles. The van der Waals surface area contributed by atoms with Gasteiger partial charge in [-0.25, -0.2) is 20.2 Å². The number of pyridine rings is 2. The third-order valence-electron chi connectivity index (χ3n) is 14.5. The lowest BCUT2D eigenvalue weighted by atomic mass is 10.2. The number of aromatic amines is 2. The molecule has 6 atom stereocenters. The Morgan fingerprint density at radius 1 is 0.632 bits per heavy atom. The second-order valence-corrected chi connectivity index (χ2v) is 18.6. The highest BCUT2D eigenvalue weighted by Crippen LogP contribution is 2.36. The molecule has 6 aliphatic rings. The Morgan fingerprint density at radius 2 is 1.07 bits per heavy atom. The Kier molecular flexibility index (Phi) is 14.0. The van der Waals surface area contributed by atoms with E-state index in [1.807, 2.05) is 35.8 Å². The minimum Gasteiger partial charge on any atom is -0.379 e. The van der Waals surface area contributed by atoms with E-state index in [4.69, 9.17) is 20.0 Å². The zero-order valence-electron chi connectivity index (χ0n) is 38.6. The molecule has 20 heteroatoms. The molecule has 6 fully saturated rings. The highest BCUT2D eigenvalue weighted by atomic mass is 16.5. The number of hydrogen-bond acceptors (Lipinski definition) is 16. The van der Waals surface area contributed by atoms with Crippen LogP contribution in [0.1, 0.15) is 73.6 Å². The maximum absolute atomic E-state index is 12.8.